The van der Waals surface area contributed by atoms with Crippen molar-refractivity contribution in [3.8, 4) is 0 Å². The van der Waals surface area contributed by atoms with Crippen molar-refractivity contribution in [1.82, 2.24) is 0 Å². The third kappa shape index (κ3) is 4.80. The Balaban J connectivity index is 1.91. The summed E-state index contributed by atoms with van der Waals surface area (Å²) < 4.78 is 67.2. The molecule has 0 aliphatic carbocycles. The van der Waals surface area contributed by atoms with Crippen LogP contribution < -0.4 is 10.4 Å². The summed E-state index contributed by atoms with van der Waals surface area (Å²) in [5.41, 5.74) is 1.88. The number of methoxy groups -OCH3 is 1. The minimum atomic E-state index is -4.45. The van der Waals surface area contributed by atoms with E-state index in [1.54, 1.807) is 0 Å². The SMILES string of the molecule is COC(=O)C1=NN(c2ccc(S(=O)(=O)O)cc2)C(=O)/C1=N\Nc1ccc(S(=O)(=O)O)cc1. The van der Waals surface area contributed by atoms with E-state index < -0.39 is 48.4 Å². The van der Waals surface area contributed by atoms with Gasteiger partial charge in [-0.2, -0.15) is 32.0 Å². The third-order valence-electron chi connectivity index (χ3n) is 4.03. The second-order valence-corrected chi connectivity index (χ2v) is 8.94. The highest BCUT2D eigenvalue weighted by Crippen LogP contribution is 2.22. The van der Waals surface area contributed by atoms with E-state index in [2.05, 4.69) is 20.4 Å². The number of nitrogens with zero attached hydrogens (tertiary/aromatic N) is 3. The lowest BCUT2D eigenvalue weighted by molar-refractivity contribution is -0.132. The number of nitrogens with one attached hydrogen (secondary N) is 1. The van der Waals surface area contributed by atoms with Crippen molar-refractivity contribution in [3.63, 3.8) is 0 Å². The topological polar surface area (TPSA) is 192 Å². The first-order valence-electron chi connectivity index (χ1n) is 8.42. The van der Waals surface area contributed by atoms with Crippen LogP contribution in [0.2, 0.25) is 0 Å². The number of carbonyl (C=O) groups is 2. The van der Waals surface area contributed by atoms with E-state index in [1.165, 1.54) is 24.3 Å². The fraction of sp³-hybridized carbons (Fsp3) is 0.0588. The van der Waals surface area contributed by atoms with Crippen molar-refractivity contribution >= 4 is 54.9 Å². The van der Waals surface area contributed by atoms with E-state index in [1.807, 2.05) is 0 Å². The molecule has 1 aliphatic heterocycles. The van der Waals surface area contributed by atoms with Gasteiger partial charge in [-0.15, -0.1) is 0 Å². The number of benzene rings is 2. The molecule has 168 valence electrons. The molecule has 1 amide bonds. The third-order valence-corrected chi connectivity index (χ3v) is 5.76. The molecular weight excluding hydrogens is 468 g/mol. The average Bonchev–Trinajstić information content (AvgIpc) is 3.07. The lowest BCUT2D eigenvalue weighted by atomic mass is 10.2. The standard InChI is InChI=1S/C17H14N4O9S2/c1-30-17(23)15-14(19-18-10-2-6-12(7-3-10)31(24,25)26)16(22)21(20-15)11-4-8-13(9-5-11)32(27,28)29/h2-9,18H,1H3,(H,24,25,26)(H,27,28,29)/b19-14-. The molecule has 1 aliphatic rings. The summed E-state index contributed by atoms with van der Waals surface area (Å²) in [5.74, 6) is -1.83. The van der Waals surface area contributed by atoms with Crippen LogP contribution in [-0.4, -0.2) is 56.4 Å². The van der Waals surface area contributed by atoms with Crippen LogP contribution in [-0.2, 0) is 34.6 Å². The first-order valence-corrected chi connectivity index (χ1v) is 11.3. The van der Waals surface area contributed by atoms with Crippen molar-refractivity contribution in [2.24, 2.45) is 10.2 Å². The van der Waals surface area contributed by atoms with Gasteiger partial charge in [-0.05, 0) is 48.5 Å². The van der Waals surface area contributed by atoms with Crippen LogP contribution in [0.25, 0.3) is 0 Å². The molecule has 1 heterocycles. The number of rotatable bonds is 6. The van der Waals surface area contributed by atoms with E-state index in [4.69, 9.17) is 9.11 Å². The van der Waals surface area contributed by atoms with E-state index in [-0.39, 0.29) is 16.3 Å². The quantitative estimate of drug-likeness (QED) is 0.297. The first kappa shape index (κ1) is 23.0. The van der Waals surface area contributed by atoms with Crippen molar-refractivity contribution < 1.29 is 40.3 Å². The number of amides is 1. The summed E-state index contributed by atoms with van der Waals surface area (Å²) in [6.45, 7) is 0. The van der Waals surface area contributed by atoms with Gasteiger partial charge in [-0.25, -0.2) is 4.79 Å². The number of hydrazone groups is 2. The van der Waals surface area contributed by atoms with E-state index in [0.29, 0.717) is 0 Å². The maximum atomic E-state index is 12.8. The highest BCUT2D eigenvalue weighted by Gasteiger charge is 2.38. The second kappa shape index (κ2) is 8.46. The Kier molecular flexibility index (Phi) is 6.09. The molecule has 0 unspecified atom stereocenters. The largest absolute Gasteiger partial charge is 0.464 e. The molecule has 32 heavy (non-hydrogen) atoms. The Morgan fingerprint density at radius 3 is 1.94 bits per heavy atom. The minimum absolute atomic E-state index is 0.0755. The van der Waals surface area contributed by atoms with Crippen molar-refractivity contribution in [1.29, 1.82) is 0 Å². The van der Waals surface area contributed by atoms with Crippen LogP contribution in [0, 0.1) is 0 Å². The van der Waals surface area contributed by atoms with E-state index in [0.717, 1.165) is 36.4 Å². The van der Waals surface area contributed by atoms with Gasteiger partial charge in [-0.1, -0.05) is 0 Å². The number of hydrogen-bond donors (Lipinski definition) is 3. The van der Waals surface area contributed by atoms with Gasteiger partial charge in [0.15, 0.2) is 5.71 Å². The summed E-state index contributed by atoms with van der Waals surface area (Å²) in [6.07, 6.45) is 0. The van der Waals surface area contributed by atoms with Crippen LogP contribution >= 0.6 is 0 Å². The molecule has 3 N–H and O–H groups in total. The van der Waals surface area contributed by atoms with Crippen LogP contribution in [0.15, 0.2) is 68.5 Å². The summed E-state index contributed by atoms with van der Waals surface area (Å²) in [7, 11) is -7.77. The van der Waals surface area contributed by atoms with Crippen molar-refractivity contribution in [3.05, 3.63) is 48.5 Å². The number of hydrogen-bond acceptors (Lipinski definition) is 10. The predicted octanol–water partition coefficient (Wildman–Crippen LogP) is 0.524. The lowest BCUT2D eigenvalue weighted by Gasteiger charge is -2.11. The van der Waals surface area contributed by atoms with Gasteiger partial charge in [0.2, 0.25) is 5.71 Å². The molecule has 0 saturated heterocycles. The zero-order chi connectivity index (χ0) is 23.7. The number of ether oxygens (including phenoxy) is 1. The fourth-order valence-electron chi connectivity index (χ4n) is 2.49. The Morgan fingerprint density at radius 1 is 0.969 bits per heavy atom. The van der Waals surface area contributed by atoms with Crippen LogP contribution in [0.5, 0.6) is 0 Å². The predicted molar refractivity (Wildman–Crippen MR) is 111 cm³/mol. The first-order chi connectivity index (χ1) is 14.9. The molecule has 0 fully saturated rings. The van der Waals surface area contributed by atoms with E-state index in [9.17, 15) is 26.4 Å². The number of anilines is 2. The molecule has 0 radical (unpaired) electrons. The molecule has 0 aromatic heterocycles. The number of carbonyl (C=O) groups excluding carboxylic acids is 2. The van der Waals surface area contributed by atoms with Crippen molar-refractivity contribution in [2.75, 3.05) is 17.5 Å². The monoisotopic (exact) mass is 482 g/mol. The van der Waals surface area contributed by atoms with Crippen LogP contribution in [0.3, 0.4) is 0 Å². The second-order valence-electron chi connectivity index (χ2n) is 6.10. The minimum Gasteiger partial charge on any atom is -0.464 e. The summed E-state index contributed by atoms with van der Waals surface area (Å²) >= 11 is 0. The molecule has 15 heteroatoms. The molecule has 0 saturated carbocycles. The zero-order valence-corrected chi connectivity index (χ0v) is 17.7. The Morgan fingerprint density at radius 2 is 1.47 bits per heavy atom. The molecular formula is C17H14N4O9S2. The van der Waals surface area contributed by atoms with Crippen LogP contribution in [0.1, 0.15) is 0 Å². The summed E-state index contributed by atoms with van der Waals surface area (Å²) in [4.78, 5) is 24.1. The van der Waals surface area contributed by atoms with Crippen molar-refractivity contribution in [2.45, 2.75) is 9.79 Å². The Labute approximate surface area is 181 Å². The normalized spacial score (nSPS) is 15.6. The number of esters is 1. The van der Waals surface area contributed by atoms with Gasteiger partial charge in [-0.3, -0.25) is 19.3 Å². The van der Waals surface area contributed by atoms with Gasteiger partial charge in [0.05, 0.1) is 28.3 Å². The lowest BCUT2D eigenvalue weighted by Crippen LogP contribution is -2.31. The Hall–Kier alpha value is -3.66. The van der Waals surface area contributed by atoms with Gasteiger partial charge in [0.1, 0.15) is 0 Å². The maximum absolute atomic E-state index is 12.8. The molecule has 0 atom stereocenters. The van der Waals surface area contributed by atoms with Gasteiger partial charge in [0, 0.05) is 0 Å². The molecule has 0 bridgehead atoms. The molecule has 2 aromatic carbocycles. The van der Waals surface area contributed by atoms with Gasteiger partial charge >= 0.3 is 11.9 Å². The smallest absolute Gasteiger partial charge is 0.361 e. The maximum Gasteiger partial charge on any atom is 0.361 e. The zero-order valence-electron chi connectivity index (χ0n) is 16.0. The molecule has 3 rings (SSSR count). The van der Waals surface area contributed by atoms with E-state index >= 15 is 0 Å². The molecule has 2 aromatic rings. The average molecular weight is 482 g/mol. The Bertz CT molecular complexity index is 1350. The van der Waals surface area contributed by atoms with Gasteiger partial charge < -0.3 is 4.74 Å². The molecule has 0 spiro atoms. The summed E-state index contributed by atoms with van der Waals surface area (Å²) in [6, 6.07) is 9.14. The summed E-state index contributed by atoms with van der Waals surface area (Å²) in [5, 5.41) is 8.50. The molecule has 13 nitrogen and oxygen atoms in total. The van der Waals surface area contributed by atoms with Gasteiger partial charge in [0.25, 0.3) is 20.2 Å². The van der Waals surface area contributed by atoms with Crippen LogP contribution in [0.4, 0.5) is 11.4 Å². The highest BCUT2D eigenvalue weighted by molar-refractivity contribution is 7.86. The highest BCUT2D eigenvalue weighted by atomic mass is 32.2. The fourth-order valence-corrected chi connectivity index (χ4v) is 3.45.